The van der Waals surface area contributed by atoms with Crippen LogP contribution in [0.5, 0.6) is 0 Å². The highest BCUT2D eigenvalue weighted by atomic mass is 19.4. The van der Waals surface area contributed by atoms with E-state index in [9.17, 15) is 18.3 Å². The van der Waals surface area contributed by atoms with Gasteiger partial charge in [-0.2, -0.15) is 18.3 Å². The van der Waals surface area contributed by atoms with Crippen molar-refractivity contribution in [3.8, 4) is 5.82 Å². The molecule has 1 aliphatic carbocycles. The van der Waals surface area contributed by atoms with Crippen molar-refractivity contribution in [2.45, 2.75) is 45.0 Å². The summed E-state index contributed by atoms with van der Waals surface area (Å²) in [5, 5.41) is 20.7. The minimum absolute atomic E-state index is 0.0737. The molecule has 3 aromatic rings. The summed E-state index contributed by atoms with van der Waals surface area (Å²) >= 11 is 0. The van der Waals surface area contributed by atoms with Gasteiger partial charge in [0.2, 0.25) is 0 Å². The van der Waals surface area contributed by atoms with Crippen molar-refractivity contribution in [1.82, 2.24) is 19.9 Å². The van der Waals surface area contributed by atoms with Crippen LogP contribution in [0.4, 0.5) is 18.9 Å². The summed E-state index contributed by atoms with van der Waals surface area (Å²) in [7, 11) is 0. The van der Waals surface area contributed by atoms with E-state index in [4.69, 9.17) is 4.52 Å². The average Bonchev–Trinajstić information content (AvgIpc) is 3.28. The minimum atomic E-state index is -4.51. The maximum absolute atomic E-state index is 13.0. The van der Waals surface area contributed by atoms with Gasteiger partial charge in [0.25, 0.3) is 0 Å². The summed E-state index contributed by atoms with van der Waals surface area (Å²) < 4.78 is 45.4. The minimum Gasteiger partial charge on any atom is -0.369 e. The monoisotopic (exact) mass is 393 g/mol. The zero-order valence-electron chi connectivity index (χ0n) is 15.2. The summed E-state index contributed by atoms with van der Waals surface area (Å²) in [4.78, 5) is 4.21. The quantitative estimate of drug-likeness (QED) is 0.640. The first-order valence-electron chi connectivity index (χ1n) is 8.75. The molecule has 0 amide bonds. The maximum atomic E-state index is 13.0. The number of nitrogens with zero attached hydrogens (tertiary/aromatic N) is 4. The fourth-order valence-corrected chi connectivity index (χ4v) is 3.09. The Balaban J connectivity index is 1.58. The van der Waals surface area contributed by atoms with Gasteiger partial charge in [-0.05, 0) is 44.9 Å². The smallest absolute Gasteiger partial charge is 0.369 e. The zero-order valence-corrected chi connectivity index (χ0v) is 15.2. The van der Waals surface area contributed by atoms with Crippen molar-refractivity contribution in [3.63, 3.8) is 0 Å². The van der Waals surface area contributed by atoms with E-state index in [0.29, 0.717) is 28.4 Å². The lowest BCUT2D eigenvalue weighted by Crippen LogP contribution is -2.12. The number of hydrogen-bond acceptors (Lipinski definition) is 6. The molecule has 0 aromatic carbocycles. The Bertz CT molecular complexity index is 970. The van der Waals surface area contributed by atoms with Crippen LogP contribution < -0.4 is 5.32 Å². The molecule has 1 unspecified atom stereocenters. The molecule has 1 fully saturated rings. The number of pyridine rings is 1. The van der Waals surface area contributed by atoms with Gasteiger partial charge in [-0.3, -0.25) is 0 Å². The first-order chi connectivity index (χ1) is 13.2. The molecule has 1 saturated carbocycles. The molecule has 0 bridgehead atoms. The lowest BCUT2D eigenvalue weighted by atomic mass is 10.2. The topological polar surface area (TPSA) is 89.0 Å². The van der Waals surface area contributed by atoms with E-state index in [2.05, 4.69) is 20.6 Å². The van der Waals surface area contributed by atoms with Crippen molar-refractivity contribution >= 4 is 5.69 Å². The van der Waals surface area contributed by atoms with Gasteiger partial charge in [-0.1, -0.05) is 5.16 Å². The lowest BCUT2D eigenvalue weighted by molar-refractivity contribution is -0.141. The molecule has 4 rings (SSSR count). The second-order valence-corrected chi connectivity index (χ2v) is 6.83. The van der Waals surface area contributed by atoms with Gasteiger partial charge in [-0.25, -0.2) is 9.67 Å². The standard InChI is InChI=1S/C18H18F3N5O2/c1-9-16(10(2)28-25-9)17(27)23-12-5-6-15(22-8-12)26-13(11-3-4-11)7-14(24-26)18(19,20)21/h5-8,11,17,23,27H,3-4H2,1-2H3. The molecular formula is C18H18F3N5O2. The number of aryl methyl sites for hydroxylation is 2. The maximum Gasteiger partial charge on any atom is 0.435 e. The first-order valence-corrected chi connectivity index (χ1v) is 8.75. The van der Waals surface area contributed by atoms with Gasteiger partial charge in [0.15, 0.2) is 17.7 Å². The van der Waals surface area contributed by atoms with E-state index >= 15 is 0 Å². The van der Waals surface area contributed by atoms with Gasteiger partial charge < -0.3 is 14.9 Å². The molecule has 10 heteroatoms. The van der Waals surface area contributed by atoms with Crippen LogP contribution in [0.15, 0.2) is 28.9 Å². The number of alkyl halides is 3. The number of rotatable bonds is 5. The molecular weight excluding hydrogens is 375 g/mol. The van der Waals surface area contributed by atoms with Crippen LogP contribution in [0.1, 0.15) is 53.4 Å². The van der Waals surface area contributed by atoms with Crippen molar-refractivity contribution in [2.24, 2.45) is 0 Å². The van der Waals surface area contributed by atoms with E-state index in [-0.39, 0.29) is 11.7 Å². The third-order valence-corrected chi connectivity index (χ3v) is 4.65. The second-order valence-electron chi connectivity index (χ2n) is 6.83. The summed E-state index contributed by atoms with van der Waals surface area (Å²) in [5.74, 6) is 0.853. The highest BCUT2D eigenvalue weighted by Gasteiger charge is 2.38. The molecule has 1 aliphatic rings. The van der Waals surface area contributed by atoms with Crippen LogP contribution in [0.3, 0.4) is 0 Å². The molecule has 3 heterocycles. The number of halogens is 3. The Morgan fingerprint density at radius 1 is 1.29 bits per heavy atom. The summed E-state index contributed by atoms with van der Waals surface area (Å²) in [6.07, 6.45) is -2.45. The number of nitrogens with one attached hydrogen (secondary N) is 1. The van der Waals surface area contributed by atoms with E-state index in [1.807, 2.05) is 0 Å². The lowest BCUT2D eigenvalue weighted by Gasteiger charge is -2.14. The Morgan fingerprint density at radius 2 is 2.04 bits per heavy atom. The zero-order chi connectivity index (χ0) is 20.1. The third kappa shape index (κ3) is 3.47. The van der Waals surface area contributed by atoms with Crippen molar-refractivity contribution in [2.75, 3.05) is 5.32 Å². The number of hydrogen-bond donors (Lipinski definition) is 2. The Morgan fingerprint density at radius 3 is 2.57 bits per heavy atom. The van der Waals surface area contributed by atoms with Gasteiger partial charge in [-0.15, -0.1) is 0 Å². The highest BCUT2D eigenvalue weighted by molar-refractivity contribution is 5.46. The van der Waals surface area contributed by atoms with Crippen LogP contribution in [-0.4, -0.2) is 25.0 Å². The highest BCUT2D eigenvalue weighted by Crippen LogP contribution is 2.42. The summed E-state index contributed by atoms with van der Waals surface area (Å²) in [6.45, 7) is 3.41. The van der Waals surface area contributed by atoms with Gasteiger partial charge in [0, 0.05) is 11.6 Å². The van der Waals surface area contributed by atoms with Crippen molar-refractivity contribution in [3.05, 3.63) is 52.8 Å². The second kappa shape index (κ2) is 6.62. The fraction of sp³-hybridized carbons (Fsp3) is 0.389. The van der Waals surface area contributed by atoms with Gasteiger partial charge in [0.1, 0.15) is 5.76 Å². The first kappa shape index (κ1) is 18.5. The van der Waals surface area contributed by atoms with Crippen LogP contribution in [0.25, 0.3) is 5.82 Å². The van der Waals surface area contributed by atoms with Crippen LogP contribution in [-0.2, 0) is 6.18 Å². The van der Waals surface area contributed by atoms with Gasteiger partial charge >= 0.3 is 6.18 Å². The van der Waals surface area contributed by atoms with Crippen LogP contribution in [0, 0.1) is 13.8 Å². The van der Waals surface area contributed by atoms with Crippen molar-refractivity contribution in [1.29, 1.82) is 0 Å². The molecule has 1 atom stereocenters. The molecule has 2 N–H and O–H groups in total. The number of aliphatic hydroxyl groups is 1. The molecule has 7 nitrogen and oxygen atoms in total. The summed E-state index contributed by atoms with van der Waals surface area (Å²) in [5.41, 5.74) is 1.17. The molecule has 148 valence electrons. The molecule has 3 aromatic heterocycles. The Hall–Kier alpha value is -2.88. The number of aliphatic hydroxyl groups excluding tert-OH is 1. The number of anilines is 1. The Kier molecular flexibility index (Phi) is 4.37. The molecule has 0 spiro atoms. The third-order valence-electron chi connectivity index (χ3n) is 4.65. The van der Waals surface area contributed by atoms with Crippen LogP contribution >= 0.6 is 0 Å². The van der Waals surface area contributed by atoms with Crippen molar-refractivity contribution < 1.29 is 22.8 Å². The molecule has 0 aliphatic heterocycles. The molecule has 0 saturated heterocycles. The average molecular weight is 393 g/mol. The predicted octanol–water partition coefficient (Wildman–Crippen LogP) is 3.87. The SMILES string of the molecule is Cc1noc(C)c1C(O)Nc1ccc(-n2nc(C(F)(F)F)cc2C2CC2)nc1. The van der Waals surface area contributed by atoms with Gasteiger partial charge in [0.05, 0.1) is 23.1 Å². The van der Waals surface area contributed by atoms with E-state index < -0.39 is 18.1 Å². The van der Waals surface area contributed by atoms with Crippen LogP contribution in [0.2, 0.25) is 0 Å². The fourth-order valence-electron chi connectivity index (χ4n) is 3.09. The summed E-state index contributed by atoms with van der Waals surface area (Å²) in [6, 6.07) is 4.27. The predicted molar refractivity (Wildman–Crippen MR) is 92.9 cm³/mol. The van der Waals surface area contributed by atoms with E-state index in [1.165, 1.54) is 10.9 Å². The largest absolute Gasteiger partial charge is 0.435 e. The Labute approximate surface area is 158 Å². The van der Waals surface area contributed by atoms with E-state index in [0.717, 1.165) is 18.9 Å². The molecule has 0 radical (unpaired) electrons. The number of aromatic nitrogens is 4. The molecule has 28 heavy (non-hydrogen) atoms. The van der Waals surface area contributed by atoms with E-state index in [1.54, 1.807) is 26.0 Å². The normalized spacial score (nSPS) is 15.6.